The van der Waals surface area contributed by atoms with Gasteiger partial charge in [0.15, 0.2) is 0 Å². The normalized spacial score (nSPS) is 22.7. The number of ether oxygens (including phenoxy) is 1. The summed E-state index contributed by atoms with van der Waals surface area (Å²) in [5.74, 6) is 0.345. The Morgan fingerprint density at radius 2 is 1.82 bits per heavy atom. The van der Waals surface area contributed by atoms with Crippen LogP contribution in [0.1, 0.15) is 45.1 Å². The van der Waals surface area contributed by atoms with E-state index in [0.717, 1.165) is 51.7 Å². The maximum atomic E-state index is 12.7. The maximum absolute atomic E-state index is 12.7. The molecule has 0 radical (unpaired) electrons. The third-order valence-electron chi connectivity index (χ3n) is 7.13. The van der Waals surface area contributed by atoms with Crippen LogP contribution in [0.3, 0.4) is 0 Å². The standard InChI is InChI=1S/C23H36N2O3/c1-3-28-22(26)19(2)23(21-10-15-25(27)16-11-21)12-17-24(18-13-23)14-9-20-7-5-4-6-8-20/h4-8,19,21,27H,3,9-18H2,1-2H3. The molecule has 1 atom stereocenters. The molecule has 3 rings (SSSR count). The van der Waals surface area contributed by atoms with Crippen LogP contribution in [0.15, 0.2) is 30.3 Å². The molecule has 0 aromatic heterocycles. The molecular weight excluding hydrogens is 352 g/mol. The second-order valence-electron chi connectivity index (χ2n) is 8.51. The van der Waals surface area contributed by atoms with Crippen molar-refractivity contribution < 1.29 is 14.7 Å². The lowest BCUT2D eigenvalue weighted by atomic mass is 9.59. The van der Waals surface area contributed by atoms with Crippen LogP contribution < -0.4 is 0 Å². The fraction of sp³-hybridized carbons (Fsp3) is 0.696. The van der Waals surface area contributed by atoms with Crippen LogP contribution >= 0.6 is 0 Å². The molecule has 2 fully saturated rings. The number of carbonyl (C=O) groups excluding carboxylic acids is 1. The predicted octanol–water partition coefficient (Wildman–Crippen LogP) is 3.61. The van der Waals surface area contributed by atoms with E-state index in [0.29, 0.717) is 25.6 Å². The molecule has 2 heterocycles. The summed E-state index contributed by atoms with van der Waals surface area (Å²) in [4.78, 5) is 15.2. The van der Waals surface area contributed by atoms with Gasteiger partial charge in [-0.15, -0.1) is 0 Å². The van der Waals surface area contributed by atoms with Crippen molar-refractivity contribution in [2.75, 3.05) is 39.3 Å². The van der Waals surface area contributed by atoms with E-state index in [1.165, 1.54) is 10.6 Å². The van der Waals surface area contributed by atoms with Crippen LogP contribution in [0.5, 0.6) is 0 Å². The Morgan fingerprint density at radius 1 is 1.18 bits per heavy atom. The number of rotatable bonds is 7. The summed E-state index contributed by atoms with van der Waals surface area (Å²) < 4.78 is 5.41. The Bertz CT molecular complexity index is 606. The number of carbonyl (C=O) groups is 1. The quantitative estimate of drug-likeness (QED) is 0.723. The molecule has 0 saturated carbocycles. The number of hydroxylamine groups is 2. The summed E-state index contributed by atoms with van der Waals surface area (Å²) >= 11 is 0. The van der Waals surface area contributed by atoms with E-state index in [1.807, 2.05) is 6.92 Å². The van der Waals surface area contributed by atoms with Crippen molar-refractivity contribution in [3.05, 3.63) is 35.9 Å². The van der Waals surface area contributed by atoms with Crippen molar-refractivity contribution in [3.63, 3.8) is 0 Å². The molecule has 5 heteroatoms. The Balaban J connectivity index is 1.64. The van der Waals surface area contributed by atoms with Gasteiger partial charge in [0, 0.05) is 19.6 Å². The Labute approximate surface area is 169 Å². The molecule has 5 nitrogen and oxygen atoms in total. The summed E-state index contributed by atoms with van der Waals surface area (Å²) in [6.07, 6.45) is 5.08. The van der Waals surface area contributed by atoms with Crippen LogP contribution in [-0.4, -0.2) is 60.5 Å². The first-order valence-electron chi connectivity index (χ1n) is 10.9. The zero-order chi connectivity index (χ0) is 20.0. The van der Waals surface area contributed by atoms with Crippen LogP contribution in [0.25, 0.3) is 0 Å². The molecule has 1 aromatic rings. The molecule has 0 spiro atoms. The van der Waals surface area contributed by atoms with E-state index in [1.54, 1.807) is 0 Å². The van der Waals surface area contributed by atoms with Gasteiger partial charge in [-0.1, -0.05) is 37.3 Å². The van der Waals surface area contributed by atoms with Crippen molar-refractivity contribution in [1.29, 1.82) is 0 Å². The average Bonchev–Trinajstić information content (AvgIpc) is 2.73. The Hall–Kier alpha value is -1.43. The highest BCUT2D eigenvalue weighted by atomic mass is 16.5. The fourth-order valence-corrected chi connectivity index (χ4v) is 5.26. The lowest BCUT2D eigenvalue weighted by Crippen LogP contribution is -2.52. The van der Waals surface area contributed by atoms with Crippen LogP contribution in [0.4, 0.5) is 0 Å². The highest BCUT2D eigenvalue weighted by Crippen LogP contribution is 2.49. The lowest BCUT2D eigenvalue weighted by molar-refractivity contribution is -0.162. The lowest BCUT2D eigenvalue weighted by Gasteiger charge is -2.51. The monoisotopic (exact) mass is 388 g/mol. The average molecular weight is 389 g/mol. The number of esters is 1. The first-order chi connectivity index (χ1) is 13.5. The fourth-order valence-electron chi connectivity index (χ4n) is 5.26. The molecule has 1 aromatic carbocycles. The number of hydrogen-bond acceptors (Lipinski definition) is 5. The number of hydrogen-bond donors (Lipinski definition) is 1. The molecule has 156 valence electrons. The molecular formula is C23H36N2O3. The van der Waals surface area contributed by atoms with Gasteiger partial charge in [-0.25, -0.2) is 0 Å². The minimum atomic E-state index is -0.0843. The summed E-state index contributed by atoms with van der Waals surface area (Å²) in [6, 6.07) is 10.7. The molecule has 0 amide bonds. The maximum Gasteiger partial charge on any atom is 0.309 e. The van der Waals surface area contributed by atoms with E-state index in [9.17, 15) is 10.0 Å². The van der Waals surface area contributed by atoms with E-state index in [2.05, 4.69) is 42.2 Å². The van der Waals surface area contributed by atoms with Gasteiger partial charge in [-0.05, 0) is 69.0 Å². The molecule has 2 aliphatic heterocycles. The van der Waals surface area contributed by atoms with Gasteiger partial charge in [0.1, 0.15) is 0 Å². The zero-order valence-corrected chi connectivity index (χ0v) is 17.5. The second kappa shape index (κ2) is 9.86. The van der Waals surface area contributed by atoms with E-state index in [-0.39, 0.29) is 17.3 Å². The SMILES string of the molecule is CCOC(=O)C(C)C1(C2CCN(O)CC2)CCN(CCc2ccccc2)CC1. The number of likely N-dealkylation sites (tertiary alicyclic amines) is 1. The first-order valence-corrected chi connectivity index (χ1v) is 10.9. The molecule has 28 heavy (non-hydrogen) atoms. The summed E-state index contributed by atoms with van der Waals surface area (Å²) in [6.45, 7) is 8.96. The van der Waals surface area contributed by atoms with E-state index >= 15 is 0 Å². The molecule has 2 aliphatic rings. The van der Waals surface area contributed by atoms with Crippen molar-refractivity contribution in [1.82, 2.24) is 9.96 Å². The highest BCUT2D eigenvalue weighted by molar-refractivity contribution is 5.73. The summed E-state index contributed by atoms with van der Waals surface area (Å²) in [5.41, 5.74) is 1.38. The topological polar surface area (TPSA) is 53.0 Å². The van der Waals surface area contributed by atoms with Crippen molar-refractivity contribution in [3.8, 4) is 0 Å². The molecule has 0 aliphatic carbocycles. The van der Waals surface area contributed by atoms with Gasteiger partial charge in [0.05, 0.1) is 12.5 Å². The number of benzene rings is 1. The van der Waals surface area contributed by atoms with Crippen LogP contribution in [0, 0.1) is 17.3 Å². The minimum absolute atomic E-state index is 0.00321. The summed E-state index contributed by atoms with van der Waals surface area (Å²) in [7, 11) is 0. The van der Waals surface area contributed by atoms with E-state index < -0.39 is 0 Å². The van der Waals surface area contributed by atoms with Crippen molar-refractivity contribution in [2.24, 2.45) is 17.3 Å². The van der Waals surface area contributed by atoms with Gasteiger partial charge in [-0.2, -0.15) is 5.06 Å². The van der Waals surface area contributed by atoms with Crippen LogP contribution in [0.2, 0.25) is 0 Å². The minimum Gasteiger partial charge on any atom is -0.466 e. The van der Waals surface area contributed by atoms with Crippen molar-refractivity contribution >= 4 is 5.97 Å². The molecule has 1 N–H and O–H groups in total. The molecule has 2 saturated heterocycles. The Morgan fingerprint density at radius 3 is 2.43 bits per heavy atom. The third-order valence-corrected chi connectivity index (χ3v) is 7.13. The Kier molecular flexibility index (Phi) is 7.49. The number of nitrogens with zero attached hydrogens (tertiary/aromatic N) is 2. The molecule has 1 unspecified atom stereocenters. The number of piperidine rings is 2. The van der Waals surface area contributed by atoms with Crippen molar-refractivity contribution in [2.45, 2.75) is 46.0 Å². The van der Waals surface area contributed by atoms with Gasteiger partial charge < -0.3 is 14.8 Å². The van der Waals surface area contributed by atoms with E-state index in [4.69, 9.17) is 4.74 Å². The van der Waals surface area contributed by atoms with Crippen LogP contribution in [-0.2, 0) is 16.0 Å². The first kappa shape index (κ1) is 21.3. The predicted molar refractivity (Wildman–Crippen MR) is 110 cm³/mol. The van der Waals surface area contributed by atoms with Gasteiger partial charge in [-0.3, -0.25) is 4.79 Å². The third kappa shape index (κ3) is 4.94. The zero-order valence-electron chi connectivity index (χ0n) is 17.5. The highest BCUT2D eigenvalue weighted by Gasteiger charge is 2.48. The largest absolute Gasteiger partial charge is 0.466 e. The summed E-state index contributed by atoms with van der Waals surface area (Å²) in [5, 5.41) is 11.2. The second-order valence-corrected chi connectivity index (χ2v) is 8.51. The smallest absolute Gasteiger partial charge is 0.309 e. The van der Waals surface area contributed by atoms with Gasteiger partial charge >= 0.3 is 5.97 Å². The van der Waals surface area contributed by atoms with Gasteiger partial charge in [0.25, 0.3) is 0 Å². The van der Waals surface area contributed by atoms with Gasteiger partial charge in [0.2, 0.25) is 0 Å². The molecule has 0 bridgehead atoms.